The van der Waals surface area contributed by atoms with Crippen molar-refractivity contribution in [3.8, 4) is 0 Å². The van der Waals surface area contributed by atoms with Crippen LogP contribution in [0.1, 0.15) is 37.8 Å². The third-order valence-electron chi connectivity index (χ3n) is 2.68. The predicted octanol–water partition coefficient (Wildman–Crippen LogP) is 2.69. The first-order valence-corrected chi connectivity index (χ1v) is 6.02. The SMILES string of the molecule is CCC(NC(=O)CCCN)c1cc(F)ccc1F.Cl. The molecule has 0 fully saturated rings. The molecule has 1 aromatic carbocycles. The lowest BCUT2D eigenvalue weighted by molar-refractivity contribution is -0.121. The zero-order chi connectivity index (χ0) is 13.5. The minimum Gasteiger partial charge on any atom is -0.349 e. The van der Waals surface area contributed by atoms with E-state index in [9.17, 15) is 13.6 Å². The average molecular weight is 293 g/mol. The van der Waals surface area contributed by atoms with Crippen molar-refractivity contribution in [3.63, 3.8) is 0 Å². The summed E-state index contributed by atoms with van der Waals surface area (Å²) in [5.74, 6) is -1.22. The average Bonchev–Trinajstić information content (AvgIpc) is 2.36. The van der Waals surface area contributed by atoms with E-state index in [0.29, 0.717) is 25.8 Å². The third kappa shape index (κ3) is 5.53. The Labute approximate surface area is 118 Å². The third-order valence-corrected chi connectivity index (χ3v) is 2.68. The van der Waals surface area contributed by atoms with E-state index in [2.05, 4.69) is 5.32 Å². The summed E-state index contributed by atoms with van der Waals surface area (Å²) >= 11 is 0. The van der Waals surface area contributed by atoms with Gasteiger partial charge in [0.25, 0.3) is 0 Å². The molecule has 1 unspecified atom stereocenters. The fourth-order valence-electron chi connectivity index (χ4n) is 1.71. The second-order valence-corrected chi connectivity index (χ2v) is 4.09. The predicted molar refractivity (Wildman–Crippen MR) is 73.1 cm³/mol. The standard InChI is InChI=1S/C13H18F2N2O.ClH/c1-2-12(17-13(18)4-3-7-16)10-8-9(14)5-6-11(10)15;/h5-6,8,12H,2-4,7,16H2,1H3,(H,17,18);1H. The molecule has 3 nitrogen and oxygen atoms in total. The Balaban J connectivity index is 0.00000324. The molecular weight excluding hydrogens is 274 g/mol. The monoisotopic (exact) mass is 292 g/mol. The van der Waals surface area contributed by atoms with E-state index in [0.717, 1.165) is 18.2 Å². The highest BCUT2D eigenvalue weighted by Gasteiger charge is 2.16. The van der Waals surface area contributed by atoms with Crippen LogP contribution < -0.4 is 11.1 Å². The van der Waals surface area contributed by atoms with Gasteiger partial charge >= 0.3 is 0 Å². The lowest BCUT2D eigenvalue weighted by Crippen LogP contribution is -2.29. The quantitative estimate of drug-likeness (QED) is 0.847. The van der Waals surface area contributed by atoms with Gasteiger partial charge in [-0.15, -0.1) is 12.4 Å². The van der Waals surface area contributed by atoms with E-state index in [1.165, 1.54) is 0 Å². The number of halogens is 3. The molecule has 0 bridgehead atoms. The number of benzene rings is 1. The summed E-state index contributed by atoms with van der Waals surface area (Å²) in [7, 11) is 0. The Bertz CT molecular complexity index is 416. The maximum atomic E-state index is 13.6. The van der Waals surface area contributed by atoms with E-state index in [-0.39, 0.29) is 23.9 Å². The van der Waals surface area contributed by atoms with Crippen molar-refractivity contribution in [3.05, 3.63) is 35.4 Å². The number of nitrogens with two attached hydrogens (primary N) is 1. The first-order valence-electron chi connectivity index (χ1n) is 6.02. The summed E-state index contributed by atoms with van der Waals surface area (Å²) in [6.45, 7) is 2.23. The van der Waals surface area contributed by atoms with Gasteiger partial charge in [0.1, 0.15) is 11.6 Å². The molecule has 1 aromatic rings. The van der Waals surface area contributed by atoms with Crippen LogP contribution in [0.5, 0.6) is 0 Å². The Morgan fingerprint density at radius 1 is 1.42 bits per heavy atom. The highest BCUT2D eigenvalue weighted by Crippen LogP contribution is 2.21. The van der Waals surface area contributed by atoms with Crippen LogP contribution in [0.15, 0.2) is 18.2 Å². The summed E-state index contributed by atoms with van der Waals surface area (Å²) < 4.78 is 26.7. The zero-order valence-electron chi connectivity index (χ0n) is 10.8. The van der Waals surface area contributed by atoms with Crippen molar-refractivity contribution in [1.29, 1.82) is 0 Å². The van der Waals surface area contributed by atoms with E-state index in [1.54, 1.807) is 6.92 Å². The number of amides is 1. The second-order valence-electron chi connectivity index (χ2n) is 4.09. The zero-order valence-corrected chi connectivity index (χ0v) is 11.6. The lowest BCUT2D eigenvalue weighted by atomic mass is 10.0. The topological polar surface area (TPSA) is 55.1 Å². The Morgan fingerprint density at radius 3 is 2.68 bits per heavy atom. The van der Waals surface area contributed by atoms with E-state index < -0.39 is 17.7 Å². The summed E-state index contributed by atoms with van der Waals surface area (Å²) in [6, 6.07) is 2.74. The molecule has 0 heterocycles. The van der Waals surface area contributed by atoms with Crippen molar-refractivity contribution in [2.75, 3.05) is 6.54 Å². The summed E-state index contributed by atoms with van der Waals surface area (Å²) in [5, 5.41) is 2.68. The van der Waals surface area contributed by atoms with Gasteiger partial charge in [0, 0.05) is 12.0 Å². The van der Waals surface area contributed by atoms with E-state index >= 15 is 0 Å². The van der Waals surface area contributed by atoms with Crippen LogP contribution in [0.4, 0.5) is 8.78 Å². The molecule has 108 valence electrons. The fourth-order valence-corrected chi connectivity index (χ4v) is 1.71. The summed E-state index contributed by atoms with van der Waals surface area (Å²) in [5.41, 5.74) is 5.48. The number of hydrogen-bond donors (Lipinski definition) is 2. The molecule has 6 heteroatoms. The molecular formula is C13H19ClF2N2O. The molecule has 0 saturated heterocycles. The molecule has 1 amide bonds. The summed E-state index contributed by atoms with van der Waals surface area (Å²) in [6.07, 6.45) is 1.37. The van der Waals surface area contributed by atoms with Crippen LogP contribution in [-0.4, -0.2) is 12.5 Å². The molecule has 0 spiro atoms. The largest absolute Gasteiger partial charge is 0.349 e. The van der Waals surface area contributed by atoms with Crippen molar-refractivity contribution in [1.82, 2.24) is 5.32 Å². The lowest BCUT2D eigenvalue weighted by Gasteiger charge is -2.18. The molecule has 1 atom stereocenters. The Kier molecular flexibility index (Phi) is 8.27. The van der Waals surface area contributed by atoms with Gasteiger partial charge in [0.2, 0.25) is 5.91 Å². The maximum absolute atomic E-state index is 13.6. The van der Waals surface area contributed by atoms with Gasteiger partial charge in [-0.2, -0.15) is 0 Å². The van der Waals surface area contributed by atoms with Crippen LogP contribution in [0.2, 0.25) is 0 Å². The smallest absolute Gasteiger partial charge is 0.220 e. The first kappa shape index (κ1) is 17.8. The van der Waals surface area contributed by atoms with E-state index in [1.807, 2.05) is 0 Å². The van der Waals surface area contributed by atoms with Gasteiger partial charge in [-0.1, -0.05) is 6.92 Å². The minimum atomic E-state index is -0.513. The van der Waals surface area contributed by atoms with Crippen molar-refractivity contribution in [2.45, 2.75) is 32.2 Å². The highest BCUT2D eigenvalue weighted by atomic mass is 35.5. The molecule has 0 aliphatic carbocycles. The summed E-state index contributed by atoms with van der Waals surface area (Å²) in [4.78, 5) is 11.6. The molecule has 0 saturated carbocycles. The van der Waals surface area contributed by atoms with Crippen LogP contribution in [0, 0.1) is 11.6 Å². The van der Waals surface area contributed by atoms with Crippen LogP contribution in [0.3, 0.4) is 0 Å². The molecule has 0 radical (unpaired) electrons. The van der Waals surface area contributed by atoms with Gasteiger partial charge < -0.3 is 11.1 Å². The Hall–Kier alpha value is -1.20. The van der Waals surface area contributed by atoms with Crippen LogP contribution in [0.25, 0.3) is 0 Å². The molecule has 0 aliphatic rings. The van der Waals surface area contributed by atoms with Gasteiger partial charge in [0.05, 0.1) is 6.04 Å². The normalized spacial score (nSPS) is 11.6. The number of carbonyl (C=O) groups is 1. The fraction of sp³-hybridized carbons (Fsp3) is 0.462. The highest BCUT2D eigenvalue weighted by molar-refractivity contribution is 5.85. The van der Waals surface area contributed by atoms with Crippen LogP contribution >= 0.6 is 12.4 Å². The van der Waals surface area contributed by atoms with Gasteiger partial charge in [-0.25, -0.2) is 8.78 Å². The van der Waals surface area contributed by atoms with Crippen molar-refractivity contribution in [2.24, 2.45) is 5.73 Å². The van der Waals surface area contributed by atoms with Crippen LogP contribution in [-0.2, 0) is 4.79 Å². The van der Waals surface area contributed by atoms with Gasteiger partial charge in [0.15, 0.2) is 0 Å². The number of rotatable bonds is 6. The minimum absolute atomic E-state index is 0. The molecule has 1 rings (SSSR count). The van der Waals surface area contributed by atoms with Crippen molar-refractivity contribution >= 4 is 18.3 Å². The molecule has 0 aromatic heterocycles. The molecule has 3 N–H and O–H groups in total. The first-order chi connectivity index (χ1) is 8.58. The number of nitrogens with one attached hydrogen (secondary N) is 1. The second kappa shape index (κ2) is 8.82. The number of carbonyl (C=O) groups excluding carboxylic acids is 1. The molecule has 19 heavy (non-hydrogen) atoms. The van der Waals surface area contributed by atoms with Crippen molar-refractivity contribution < 1.29 is 13.6 Å². The number of hydrogen-bond acceptors (Lipinski definition) is 2. The van der Waals surface area contributed by atoms with Gasteiger partial charge in [-0.3, -0.25) is 4.79 Å². The van der Waals surface area contributed by atoms with Gasteiger partial charge in [-0.05, 0) is 37.6 Å². The maximum Gasteiger partial charge on any atom is 0.220 e. The Morgan fingerprint density at radius 2 is 2.11 bits per heavy atom. The molecule has 0 aliphatic heterocycles. The van der Waals surface area contributed by atoms with E-state index in [4.69, 9.17) is 5.73 Å².